The van der Waals surface area contributed by atoms with E-state index < -0.39 is 5.97 Å². The van der Waals surface area contributed by atoms with Crippen molar-refractivity contribution < 1.29 is 24.3 Å². The van der Waals surface area contributed by atoms with Gasteiger partial charge in [0, 0.05) is 24.1 Å². The van der Waals surface area contributed by atoms with Gasteiger partial charge in [-0.15, -0.1) is 0 Å². The number of hydrogen-bond donors (Lipinski definition) is 3. The number of nitrogens with one attached hydrogen (secondary N) is 2. The topological polar surface area (TPSA) is 113 Å². The second-order valence-electron chi connectivity index (χ2n) is 7.89. The van der Waals surface area contributed by atoms with Gasteiger partial charge in [0.25, 0.3) is 0 Å². The summed E-state index contributed by atoms with van der Waals surface area (Å²) < 4.78 is 0. The highest BCUT2D eigenvalue weighted by Crippen LogP contribution is 2.31. The van der Waals surface area contributed by atoms with E-state index in [2.05, 4.69) is 16.7 Å². The zero-order chi connectivity index (χ0) is 26.3. The van der Waals surface area contributed by atoms with Crippen LogP contribution in [0.3, 0.4) is 0 Å². The van der Waals surface area contributed by atoms with Crippen LogP contribution in [0.15, 0.2) is 66.7 Å². The molecule has 36 heavy (non-hydrogen) atoms. The van der Waals surface area contributed by atoms with E-state index in [0.717, 1.165) is 42.2 Å². The van der Waals surface area contributed by atoms with Gasteiger partial charge in [-0.25, -0.2) is 0 Å². The fraction of sp³-hybridized carbons (Fsp3) is 0.250. The molecule has 1 aliphatic rings. The standard InChI is InChI=1S/C24H23ClN2O.C3H6O2.CO2/c25-22-11-10-18-12-14-26-15-13-21(18)23(22)27-16-17-6-8-20(9-7-17)24(28)19-4-2-1-3-5-19;1-2-3(4)5;2-1-3/h1-11,26-27H,12-16H2;2H2,1H3,(H,4,5);. The number of anilines is 1. The Morgan fingerprint density at radius 2 is 1.53 bits per heavy atom. The average Bonchev–Trinajstić information content (AvgIpc) is 3.15. The third-order valence-electron chi connectivity index (χ3n) is 5.51. The largest absolute Gasteiger partial charge is 0.481 e. The number of carboxylic acid groups (broad SMARTS) is 1. The number of carboxylic acids is 1. The van der Waals surface area contributed by atoms with Crippen LogP contribution in [0.4, 0.5) is 5.69 Å². The fourth-order valence-corrected chi connectivity index (χ4v) is 3.90. The molecule has 1 heterocycles. The molecule has 0 bridgehead atoms. The number of carbonyl (C=O) groups excluding carboxylic acids is 3. The van der Waals surface area contributed by atoms with Gasteiger partial charge in [-0.2, -0.15) is 9.59 Å². The molecule has 3 N–H and O–H groups in total. The maximum atomic E-state index is 12.5. The minimum atomic E-state index is -0.745. The Hall–Kier alpha value is -3.77. The number of fused-ring (bicyclic) bond motifs is 1. The first kappa shape index (κ1) is 28.5. The molecule has 0 aliphatic carbocycles. The molecule has 0 spiro atoms. The van der Waals surface area contributed by atoms with E-state index in [4.69, 9.17) is 26.3 Å². The molecule has 0 saturated carbocycles. The molecule has 0 amide bonds. The number of ketones is 1. The maximum absolute atomic E-state index is 12.5. The van der Waals surface area contributed by atoms with Crippen LogP contribution < -0.4 is 10.6 Å². The molecule has 3 aromatic carbocycles. The summed E-state index contributed by atoms with van der Waals surface area (Å²) in [4.78, 5) is 38.2. The van der Waals surface area contributed by atoms with Crippen LogP contribution in [-0.2, 0) is 33.8 Å². The Morgan fingerprint density at radius 3 is 2.14 bits per heavy atom. The molecule has 0 fully saturated rings. The number of carbonyl (C=O) groups is 2. The molecule has 188 valence electrons. The van der Waals surface area contributed by atoms with Crippen LogP contribution in [0.1, 0.15) is 46.0 Å². The van der Waals surface area contributed by atoms with Crippen LogP contribution in [0.25, 0.3) is 0 Å². The summed E-state index contributed by atoms with van der Waals surface area (Å²) in [5, 5.41) is 15.4. The lowest BCUT2D eigenvalue weighted by molar-refractivity contribution is -0.191. The lowest BCUT2D eigenvalue weighted by Crippen LogP contribution is -2.16. The van der Waals surface area contributed by atoms with Crippen molar-refractivity contribution in [3.8, 4) is 0 Å². The number of rotatable bonds is 6. The summed E-state index contributed by atoms with van der Waals surface area (Å²) in [6, 6.07) is 21.3. The minimum Gasteiger partial charge on any atom is -0.481 e. The van der Waals surface area contributed by atoms with E-state index in [0.29, 0.717) is 17.7 Å². The Balaban J connectivity index is 0.000000501. The summed E-state index contributed by atoms with van der Waals surface area (Å²) in [6.07, 6.45) is 2.47. The minimum absolute atomic E-state index is 0.0454. The highest BCUT2D eigenvalue weighted by molar-refractivity contribution is 6.33. The van der Waals surface area contributed by atoms with E-state index in [1.54, 1.807) is 6.92 Å². The Bertz CT molecular complexity index is 1170. The third kappa shape index (κ3) is 8.78. The van der Waals surface area contributed by atoms with E-state index in [1.807, 2.05) is 60.7 Å². The number of halogens is 1. The van der Waals surface area contributed by atoms with Gasteiger partial charge in [-0.1, -0.05) is 79.2 Å². The maximum Gasteiger partial charge on any atom is 0.373 e. The van der Waals surface area contributed by atoms with Crippen LogP contribution in [-0.4, -0.2) is 36.1 Å². The smallest absolute Gasteiger partial charge is 0.373 e. The van der Waals surface area contributed by atoms with Gasteiger partial charge >= 0.3 is 12.1 Å². The highest BCUT2D eigenvalue weighted by atomic mass is 35.5. The lowest BCUT2D eigenvalue weighted by Gasteiger charge is -2.16. The Labute approximate surface area is 215 Å². The molecular formula is C28H29ClN2O5. The molecule has 0 aromatic heterocycles. The van der Waals surface area contributed by atoms with E-state index in [9.17, 15) is 9.59 Å². The molecule has 1 aliphatic heterocycles. The lowest BCUT2D eigenvalue weighted by atomic mass is 10.00. The van der Waals surface area contributed by atoms with Gasteiger partial charge in [-0.3, -0.25) is 9.59 Å². The first-order valence-electron chi connectivity index (χ1n) is 11.6. The predicted molar refractivity (Wildman–Crippen MR) is 138 cm³/mol. The summed E-state index contributed by atoms with van der Waals surface area (Å²) in [6.45, 7) is 4.25. The van der Waals surface area contributed by atoms with Crippen LogP contribution in [0, 0.1) is 0 Å². The molecular weight excluding hydrogens is 480 g/mol. The molecule has 0 radical (unpaired) electrons. The monoisotopic (exact) mass is 508 g/mol. The van der Waals surface area contributed by atoms with Gasteiger partial charge in [0.1, 0.15) is 0 Å². The Kier molecular flexibility index (Phi) is 12.1. The highest BCUT2D eigenvalue weighted by Gasteiger charge is 2.15. The normalized spacial score (nSPS) is 11.7. The fourth-order valence-electron chi connectivity index (χ4n) is 3.66. The van der Waals surface area contributed by atoms with Crippen LogP contribution in [0.5, 0.6) is 0 Å². The van der Waals surface area contributed by atoms with Gasteiger partial charge in [-0.05, 0) is 48.7 Å². The number of aliphatic carboxylic acids is 1. The molecule has 3 aromatic rings. The summed E-state index contributed by atoms with van der Waals surface area (Å²) in [5.41, 5.74) is 6.24. The van der Waals surface area contributed by atoms with Gasteiger partial charge in [0.05, 0.1) is 10.7 Å². The van der Waals surface area contributed by atoms with Crippen LogP contribution >= 0.6 is 11.6 Å². The second kappa shape index (κ2) is 15.3. The SMILES string of the molecule is CCC(=O)O.O=C(c1ccccc1)c1ccc(CNc2c(Cl)ccc3c2CCNCC3)cc1.O=C=O. The number of hydrogen-bond acceptors (Lipinski definition) is 6. The predicted octanol–water partition coefficient (Wildman–Crippen LogP) is 4.77. The molecule has 7 nitrogen and oxygen atoms in total. The van der Waals surface area contributed by atoms with Crippen molar-refractivity contribution >= 4 is 35.2 Å². The van der Waals surface area contributed by atoms with Crippen molar-refractivity contribution in [3.63, 3.8) is 0 Å². The second-order valence-corrected chi connectivity index (χ2v) is 8.29. The van der Waals surface area contributed by atoms with Crippen molar-refractivity contribution in [2.75, 3.05) is 18.4 Å². The van der Waals surface area contributed by atoms with E-state index >= 15 is 0 Å². The van der Waals surface area contributed by atoms with Gasteiger partial charge in [0.15, 0.2) is 5.78 Å². The van der Waals surface area contributed by atoms with Crippen molar-refractivity contribution in [2.24, 2.45) is 0 Å². The Morgan fingerprint density at radius 1 is 0.944 bits per heavy atom. The summed E-state index contributed by atoms with van der Waals surface area (Å²) in [5.74, 6) is -0.700. The average molecular weight is 509 g/mol. The van der Waals surface area contributed by atoms with Crippen molar-refractivity contribution in [2.45, 2.75) is 32.7 Å². The van der Waals surface area contributed by atoms with Crippen molar-refractivity contribution in [1.29, 1.82) is 0 Å². The molecule has 4 rings (SSSR count). The van der Waals surface area contributed by atoms with Gasteiger partial charge < -0.3 is 15.7 Å². The first-order chi connectivity index (χ1) is 17.4. The first-order valence-corrected chi connectivity index (χ1v) is 11.9. The van der Waals surface area contributed by atoms with E-state index in [-0.39, 0.29) is 18.4 Å². The number of benzene rings is 3. The molecule has 0 unspecified atom stereocenters. The van der Waals surface area contributed by atoms with Crippen LogP contribution in [0.2, 0.25) is 5.02 Å². The molecule has 8 heteroatoms. The molecule has 0 saturated heterocycles. The van der Waals surface area contributed by atoms with E-state index in [1.165, 1.54) is 11.1 Å². The van der Waals surface area contributed by atoms with Crippen molar-refractivity contribution in [1.82, 2.24) is 5.32 Å². The summed E-state index contributed by atoms with van der Waals surface area (Å²) in [7, 11) is 0. The quantitative estimate of drug-likeness (QED) is 0.411. The zero-order valence-corrected chi connectivity index (χ0v) is 20.8. The zero-order valence-electron chi connectivity index (χ0n) is 20.1. The van der Waals surface area contributed by atoms with Crippen molar-refractivity contribution in [3.05, 3.63) is 99.6 Å². The third-order valence-corrected chi connectivity index (χ3v) is 5.82. The molecule has 0 atom stereocenters. The van der Waals surface area contributed by atoms with Gasteiger partial charge in [0.2, 0.25) is 0 Å². The summed E-state index contributed by atoms with van der Waals surface area (Å²) >= 11 is 6.49.